The molecule has 2 atom stereocenters. The van der Waals surface area contributed by atoms with Gasteiger partial charge in [0.2, 0.25) is 0 Å². The van der Waals surface area contributed by atoms with Gasteiger partial charge >= 0.3 is 0 Å². The number of nitrogens with one attached hydrogen (secondary N) is 2. The summed E-state index contributed by atoms with van der Waals surface area (Å²) in [6, 6.07) is 25.5. The van der Waals surface area contributed by atoms with Crippen molar-refractivity contribution in [2.75, 3.05) is 14.1 Å². The van der Waals surface area contributed by atoms with Gasteiger partial charge in [-0.2, -0.15) is 0 Å². The molecule has 7 aromatic carbocycles. The van der Waals surface area contributed by atoms with Gasteiger partial charge in [0.05, 0.1) is 0 Å². The minimum atomic E-state index is -0.332. The molecule has 7 aromatic rings. The van der Waals surface area contributed by atoms with Crippen LogP contribution in [0, 0.1) is 11.8 Å². The van der Waals surface area contributed by atoms with E-state index in [1.54, 1.807) is 38.4 Å². The molecule has 2 fully saturated rings. The topological polar surface area (TPSA) is 133 Å². The summed E-state index contributed by atoms with van der Waals surface area (Å²) in [4.78, 5) is 88.7. The zero-order valence-electron chi connectivity index (χ0n) is 37.8. The Bertz CT molecular complexity index is 3020. The summed E-state index contributed by atoms with van der Waals surface area (Å²) in [7, 11) is 3.18. The first-order chi connectivity index (χ1) is 32.0. The monoisotopic (exact) mass is 876 g/mol. The van der Waals surface area contributed by atoms with Gasteiger partial charge in [0, 0.05) is 70.3 Å². The molecule has 4 aliphatic rings. The number of nitrogens with zero attached hydrogens (tertiary/aromatic N) is 2. The van der Waals surface area contributed by atoms with Crippen molar-refractivity contribution in [3.8, 4) is 22.3 Å². The van der Waals surface area contributed by atoms with Gasteiger partial charge < -0.3 is 10.6 Å². The maximum Gasteiger partial charge on any atom is 0.261 e. The third kappa shape index (κ3) is 6.13. The normalized spacial score (nSPS) is 17.9. The predicted octanol–water partition coefficient (Wildman–Crippen LogP) is 10.9. The van der Waals surface area contributed by atoms with E-state index < -0.39 is 0 Å². The van der Waals surface area contributed by atoms with Crippen LogP contribution in [-0.2, 0) is 0 Å². The first kappa shape index (κ1) is 41.7. The Hall–Kier alpha value is -6.94. The highest BCUT2D eigenvalue weighted by atomic mass is 16.2. The average molecular weight is 877 g/mol. The average Bonchev–Trinajstić information content (AvgIpc) is 3.36. The zero-order valence-corrected chi connectivity index (χ0v) is 37.8. The number of benzene rings is 7. The summed E-state index contributed by atoms with van der Waals surface area (Å²) in [5, 5.41) is 11.1. The zero-order chi connectivity index (χ0) is 45.7. The number of carbonyl (C=O) groups excluding carboxylic acids is 6. The van der Waals surface area contributed by atoms with Crippen LogP contribution in [0.4, 0.5) is 0 Å². The van der Waals surface area contributed by atoms with E-state index in [0.29, 0.717) is 44.2 Å². The van der Waals surface area contributed by atoms with Gasteiger partial charge in [-0.25, -0.2) is 0 Å². The molecule has 332 valence electrons. The summed E-state index contributed by atoms with van der Waals surface area (Å²) >= 11 is 0. The summed E-state index contributed by atoms with van der Waals surface area (Å²) in [5.74, 6) is -1.33. The smallest absolute Gasteiger partial charge is 0.261 e. The fourth-order valence-corrected chi connectivity index (χ4v) is 12.2. The molecular weight excluding hydrogens is 825 g/mol. The van der Waals surface area contributed by atoms with Crippen molar-refractivity contribution in [3.63, 3.8) is 0 Å². The predicted molar refractivity (Wildman–Crippen MR) is 258 cm³/mol. The Labute approximate surface area is 383 Å². The molecule has 0 saturated heterocycles. The van der Waals surface area contributed by atoms with E-state index >= 15 is 9.59 Å². The van der Waals surface area contributed by atoms with Crippen LogP contribution >= 0.6 is 0 Å². The summed E-state index contributed by atoms with van der Waals surface area (Å²) < 4.78 is 0. The van der Waals surface area contributed by atoms with E-state index in [4.69, 9.17) is 0 Å². The van der Waals surface area contributed by atoms with E-state index in [1.165, 1.54) is 9.80 Å². The van der Waals surface area contributed by atoms with Crippen LogP contribution < -0.4 is 10.6 Å². The molecule has 10 nitrogen and oxygen atoms in total. The lowest BCUT2D eigenvalue weighted by molar-refractivity contribution is 0.0460. The van der Waals surface area contributed by atoms with Crippen molar-refractivity contribution >= 4 is 78.5 Å². The van der Waals surface area contributed by atoms with Crippen molar-refractivity contribution in [1.82, 2.24) is 20.4 Å². The first-order valence-corrected chi connectivity index (χ1v) is 23.7. The number of hydrogen-bond donors (Lipinski definition) is 2. The van der Waals surface area contributed by atoms with Crippen LogP contribution in [0.1, 0.15) is 140 Å². The van der Waals surface area contributed by atoms with E-state index in [2.05, 4.69) is 10.6 Å². The number of fused-ring (bicyclic) bond motifs is 2. The van der Waals surface area contributed by atoms with Gasteiger partial charge in [0.1, 0.15) is 0 Å². The molecule has 2 N–H and O–H groups in total. The molecule has 2 heterocycles. The third-order valence-electron chi connectivity index (χ3n) is 15.7. The summed E-state index contributed by atoms with van der Waals surface area (Å²) in [6.07, 6.45) is 10.4. The lowest BCUT2D eigenvalue weighted by Crippen LogP contribution is -2.49. The lowest BCUT2D eigenvalue weighted by Gasteiger charge is -2.39. The first-order valence-electron chi connectivity index (χ1n) is 23.7. The van der Waals surface area contributed by atoms with Crippen molar-refractivity contribution in [2.24, 2.45) is 11.8 Å². The number of carbonyl (C=O) groups is 6. The van der Waals surface area contributed by atoms with E-state index in [-0.39, 0.29) is 59.4 Å². The van der Waals surface area contributed by atoms with Gasteiger partial charge in [-0.3, -0.25) is 38.6 Å². The minimum absolute atomic E-state index is 0.202. The van der Waals surface area contributed by atoms with Gasteiger partial charge in [0.25, 0.3) is 35.4 Å². The quantitative estimate of drug-likeness (QED) is 0.0887. The molecule has 6 amide bonds. The molecule has 2 aliphatic heterocycles. The summed E-state index contributed by atoms with van der Waals surface area (Å²) in [6.45, 7) is 4.02. The molecule has 2 saturated carbocycles. The maximum atomic E-state index is 15.2. The van der Waals surface area contributed by atoms with Crippen LogP contribution in [0.25, 0.3) is 65.3 Å². The SMILES string of the molecule is CNC(=O)c1ccc(-c2cc3c4c(ccc5c6c(-c7ccc(C(=O)NC)cc7)cc7c8c(ccc(c2c45)c86)C(=O)N(C(C)C2CCCCC2)C7=O)C(=O)N(C(C)C2CCCCC2)C3=O)cc1. The number of imide groups is 2. The second-order valence-corrected chi connectivity index (χ2v) is 19.1. The Morgan fingerprint density at radius 3 is 1.14 bits per heavy atom. The van der Waals surface area contributed by atoms with Crippen molar-refractivity contribution < 1.29 is 28.8 Å². The third-order valence-corrected chi connectivity index (χ3v) is 15.7. The van der Waals surface area contributed by atoms with Crippen molar-refractivity contribution in [3.05, 3.63) is 118 Å². The molecule has 10 heteroatoms. The van der Waals surface area contributed by atoms with Crippen LogP contribution in [0.5, 0.6) is 0 Å². The fraction of sp³-hybridized carbons (Fsp3) is 0.321. The Morgan fingerprint density at radius 2 is 0.788 bits per heavy atom. The van der Waals surface area contributed by atoms with Gasteiger partial charge in [-0.1, -0.05) is 74.9 Å². The van der Waals surface area contributed by atoms with Crippen LogP contribution in [0.2, 0.25) is 0 Å². The van der Waals surface area contributed by atoms with E-state index in [9.17, 15) is 19.2 Å². The lowest BCUT2D eigenvalue weighted by atomic mass is 9.77. The van der Waals surface area contributed by atoms with E-state index in [0.717, 1.165) is 119 Å². The largest absolute Gasteiger partial charge is 0.355 e. The molecule has 0 radical (unpaired) electrons. The van der Waals surface area contributed by atoms with Gasteiger partial charge in [-0.15, -0.1) is 0 Å². The molecule has 11 rings (SSSR count). The molecule has 2 aliphatic carbocycles. The second kappa shape index (κ2) is 15.9. The van der Waals surface area contributed by atoms with Gasteiger partial charge in [0.15, 0.2) is 0 Å². The highest BCUT2D eigenvalue weighted by Crippen LogP contribution is 2.52. The molecular formula is C56H52N4O6. The molecule has 66 heavy (non-hydrogen) atoms. The molecule has 0 aromatic heterocycles. The maximum absolute atomic E-state index is 15.2. The summed E-state index contributed by atoms with van der Waals surface area (Å²) in [5.41, 5.74) is 5.72. The van der Waals surface area contributed by atoms with Crippen LogP contribution in [0.3, 0.4) is 0 Å². The molecule has 0 bridgehead atoms. The van der Waals surface area contributed by atoms with Gasteiger partial charge in [-0.05, 0) is 154 Å². The van der Waals surface area contributed by atoms with Crippen LogP contribution in [0.15, 0.2) is 84.9 Å². The highest BCUT2D eigenvalue weighted by Gasteiger charge is 2.43. The number of amides is 6. The molecule has 0 spiro atoms. The number of hydrogen-bond acceptors (Lipinski definition) is 6. The van der Waals surface area contributed by atoms with Crippen molar-refractivity contribution in [1.29, 1.82) is 0 Å². The van der Waals surface area contributed by atoms with Crippen LogP contribution in [-0.4, -0.2) is 71.4 Å². The standard InChI is InChI=1S/C56H52N4O6/c1-29(31-11-7-5-8-12-31)59-53(63)39-25-23-37-46-42(34-17-21-36(22-18-34)52(62)58-4)28-44-48-40(54(64)60(56(44)66)30(2)32-13-9-6-10-14-32)26-24-38(50(46)48)45-41(27-43(55(59)65)47(39)49(37)45)33-15-19-35(20-16-33)51(61)57-3/h15-32H,5-14H2,1-4H3,(H,57,61)(H,58,62). The number of rotatable bonds is 8. The Kier molecular flexibility index (Phi) is 10.1. The highest BCUT2D eigenvalue weighted by molar-refractivity contribution is 6.44. The Balaban J connectivity index is 1.25. The van der Waals surface area contributed by atoms with Crippen molar-refractivity contribution in [2.45, 2.75) is 90.1 Å². The fourth-order valence-electron chi connectivity index (χ4n) is 12.2. The molecule has 2 unspecified atom stereocenters. The Morgan fingerprint density at radius 1 is 0.439 bits per heavy atom. The second-order valence-electron chi connectivity index (χ2n) is 19.1. The van der Waals surface area contributed by atoms with E-state index in [1.807, 2.05) is 74.5 Å². The minimum Gasteiger partial charge on any atom is -0.355 e.